The van der Waals surface area contributed by atoms with E-state index < -0.39 is 6.04 Å². The van der Waals surface area contributed by atoms with E-state index in [9.17, 15) is 4.79 Å². The van der Waals surface area contributed by atoms with Crippen LogP contribution in [0.5, 0.6) is 0 Å². The van der Waals surface area contributed by atoms with Crippen LogP contribution in [-0.4, -0.2) is 24.7 Å². The van der Waals surface area contributed by atoms with Crippen LogP contribution in [0.4, 0.5) is 0 Å². The minimum Gasteiger partial charge on any atom is -0.358 e. The molecule has 0 saturated carbocycles. The first-order chi connectivity index (χ1) is 4.22. The lowest BCUT2D eigenvalue weighted by Crippen LogP contribution is -2.38. The predicted octanol–water partition coefficient (Wildman–Crippen LogP) is -0.620. The SMILES string of the molecule is CNC(=O)C(N)CCS. The maximum Gasteiger partial charge on any atom is 0.236 e. The summed E-state index contributed by atoms with van der Waals surface area (Å²) in [5.41, 5.74) is 5.38. The van der Waals surface area contributed by atoms with Gasteiger partial charge in [0.15, 0.2) is 0 Å². The summed E-state index contributed by atoms with van der Waals surface area (Å²) in [4.78, 5) is 10.6. The molecule has 0 radical (unpaired) electrons. The Morgan fingerprint density at radius 1 is 1.89 bits per heavy atom. The number of carbonyl (C=O) groups excluding carboxylic acids is 1. The molecule has 54 valence electrons. The molecule has 1 atom stereocenters. The maximum atomic E-state index is 10.6. The van der Waals surface area contributed by atoms with Gasteiger partial charge in [-0.2, -0.15) is 12.6 Å². The number of likely N-dealkylation sites (N-methyl/N-ethyl adjacent to an activating group) is 1. The first-order valence-electron chi connectivity index (χ1n) is 2.80. The molecule has 4 heteroatoms. The second-order valence-corrected chi connectivity index (χ2v) is 2.18. The molecule has 0 heterocycles. The summed E-state index contributed by atoms with van der Waals surface area (Å²) in [5.74, 6) is 0.526. The molecule has 0 spiro atoms. The van der Waals surface area contributed by atoms with E-state index >= 15 is 0 Å². The Bertz CT molecular complexity index is 97.0. The van der Waals surface area contributed by atoms with Gasteiger partial charge in [-0.1, -0.05) is 0 Å². The Hall–Kier alpha value is -0.220. The zero-order valence-corrected chi connectivity index (χ0v) is 6.32. The lowest BCUT2D eigenvalue weighted by atomic mass is 10.2. The van der Waals surface area contributed by atoms with Gasteiger partial charge in [0.25, 0.3) is 0 Å². The number of hydrogen-bond acceptors (Lipinski definition) is 3. The molecule has 0 bridgehead atoms. The fourth-order valence-electron chi connectivity index (χ4n) is 0.456. The minimum atomic E-state index is -0.396. The first kappa shape index (κ1) is 8.78. The third-order valence-electron chi connectivity index (χ3n) is 1.02. The van der Waals surface area contributed by atoms with E-state index in [2.05, 4.69) is 17.9 Å². The van der Waals surface area contributed by atoms with Crippen molar-refractivity contribution in [3.05, 3.63) is 0 Å². The molecule has 9 heavy (non-hydrogen) atoms. The largest absolute Gasteiger partial charge is 0.358 e. The van der Waals surface area contributed by atoms with Crippen molar-refractivity contribution < 1.29 is 4.79 Å². The molecule has 0 fully saturated rings. The van der Waals surface area contributed by atoms with Crippen molar-refractivity contribution in [1.29, 1.82) is 0 Å². The molecule has 0 aliphatic heterocycles. The van der Waals surface area contributed by atoms with Gasteiger partial charge in [-0.3, -0.25) is 4.79 Å². The predicted molar refractivity (Wildman–Crippen MR) is 40.5 cm³/mol. The van der Waals surface area contributed by atoms with Gasteiger partial charge in [0.1, 0.15) is 0 Å². The summed E-state index contributed by atoms with van der Waals surface area (Å²) in [6.07, 6.45) is 0.628. The molecule has 3 N–H and O–H groups in total. The van der Waals surface area contributed by atoms with Gasteiger partial charge in [0.05, 0.1) is 6.04 Å². The fraction of sp³-hybridized carbons (Fsp3) is 0.800. The number of hydrogen-bond donors (Lipinski definition) is 3. The Kier molecular flexibility index (Phi) is 4.53. The average Bonchev–Trinajstić information content (AvgIpc) is 1.87. The Labute approximate surface area is 60.4 Å². The number of nitrogens with two attached hydrogens (primary N) is 1. The third kappa shape index (κ3) is 3.37. The van der Waals surface area contributed by atoms with Crippen molar-refractivity contribution in [2.24, 2.45) is 5.73 Å². The summed E-state index contributed by atoms with van der Waals surface area (Å²) in [6.45, 7) is 0. The summed E-state index contributed by atoms with van der Waals surface area (Å²) < 4.78 is 0. The fourth-order valence-corrected chi connectivity index (χ4v) is 0.734. The van der Waals surface area contributed by atoms with Crippen LogP contribution in [0.25, 0.3) is 0 Å². The van der Waals surface area contributed by atoms with E-state index in [0.717, 1.165) is 0 Å². The summed E-state index contributed by atoms with van der Waals surface area (Å²) in [5, 5.41) is 2.45. The van der Waals surface area contributed by atoms with Crippen LogP contribution in [0.3, 0.4) is 0 Å². The highest BCUT2D eigenvalue weighted by atomic mass is 32.1. The molecule has 0 aliphatic rings. The normalized spacial score (nSPS) is 12.8. The molecular weight excluding hydrogens is 136 g/mol. The zero-order valence-electron chi connectivity index (χ0n) is 5.42. The van der Waals surface area contributed by atoms with E-state index in [1.54, 1.807) is 7.05 Å². The molecule has 1 amide bonds. The van der Waals surface area contributed by atoms with Crippen LogP contribution in [0.1, 0.15) is 6.42 Å². The summed E-state index contributed by atoms with van der Waals surface area (Å²) in [6, 6.07) is -0.396. The molecule has 0 rings (SSSR count). The first-order valence-corrected chi connectivity index (χ1v) is 3.43. The highest BCUT2D eigenvalue weighted by Gasteiger charge is 2.08. The number of nitrogens with one attached hydrogen (secondary N) is 1. The topological polar surface area (TPSA) is 55.1 Å². The number of thiol groups is 1. The van der Waals surface area contributed by atoms with Crippen LogP contribution < -0.4 is 11.1 Å². The van der Waals surface area contributed by atoms with Gasteiger partial charge >= 0.3 is 0 Å². The Morgan fingerprint density at radius 3 is 2.78 bits per heavy atom. The summed E-state index contributed by atoms with van der Waals surface area (Å²) in [7, 11) is 1.57. The van der Waals surface area contributed by atoms with Crippen molar-refractivity contribution in [3.63, 3.8) is 0 Å². The van der Waals surface area contributed by atoms with Crippen LogP contribution in [0.2, 0.25) is 0 Å². The molecular formula is C5H12N2OS. The van der Waals surface area contributed by atoms with Crippen molar-refractivity contribution in [1.82, 2.24) is 5.32 Å². The maximum absolute atomic E-state index is 10.6. The van der Waals surface area contributed by atoms with Crippen LogP contribution >= 0.6 is 12.6 Å². The molecule has 1 unspecified atom stereocenters. The van der Waals surface area contributed by atoms with Gasteiger partial charge in [0.2, 0.25) is 5.91 Å². The zero-order chi connectivity index (χ0) is 7.28. The standard InChI is InChI=1S/C5H12N2OS/c1-7-5(8)4(6)2-3-9/h4,9H,2-3,6H2,1H3,(H,7,8). The minimum absolute atomic E-state index is 0.121. The van der Waals surface area contributed by atoms with Gasteiger partial charge in [-0.15, -0.1) is 0 Å². The third-order valence-corrected chi connectivity index (χ3v) is 1.28. The molecule has 0 aromatic heterocycles. The Morgan fingerprint density at radius 2 is 2.44 bits per heavy atom. The number of carbonyl (C=O) groups is 1. The average molecular weight is 148 g/mol. The van der Waals surface area contributed by atoms with E-state index in [0.29, 0.717) is 12.2 Å². The quantitative estimate of drug-likeness (QED) is 0.467. The second kappa shape index (κ2) is 4.64. The molecule has 0 aliphatic carbocycles. The molecule has 3 nitrogen and oxygen atoms in total. The lowest BCUT2D eigenvalue weighted by Gasteiger charge is -2.06. The Balaban J connectivity index is 3.45. The van der Waals surface area contributed by atoms with Crippen molar-refractivity contribution in [2.75, 3.05) is 12.8 Å². The van der Waals surface area contributed by atoms with E-state index in [-0.39, 0.29) is 5.91 Å². The lowest BCUT2D eigenvalue weighted by molar-refractivity contribution is -0.121. The van der Waals surface area contributed by atoms with Crippen LogP contribution in [-0.2, 0) is 4.79 Å². The van der Waals surface area contributed by atoms with Crippen molar-refractivity contribution in [3.8, 4) is 0 Å². The van der Waals surface area contributed by atoms with Gasteiger partial charge < -0.3 is 11.1 Å². The smallest absolute Gasteiger partial charge is 0.236 e. The van der Waals surface area contributed by atoms with E-state index in [1.807, 2.05) is 0 Å². The van der Waals surface area contributed by atoms with Crippen molar-refractivity contribution in [2.45, 2.75) is 12.5 Å². The van der Waals surface area contributed by atoms with Crippen molar-refractivity contribution >= 4 is 18.5 Å². The van der Waals surface area contributed by atoms with E-state index in [4.69, 9.17) is 5.73 Å². The monoisotopic (exact) mass is 148 g/mol. The molecule has 0 aromatic rings. The number of amides is 1. The number of rotatable bonds is 3. The molecule has 0 aromatic carbocycles. The summed E-state index contributed by atoms with van der Waals surface area (Å²) >= 11 is 3.93. The highest BCUT2D eigenvalue weighted by Crippen LogP contribution is 1.89. The van der Waals surface area contributed by atoms with E-state index in [1.165, 1.54) is 0 Å². The van der Waals surface area contributed by atoms with Crippen LogP contribution in [0.15, 0.2) is 0 Å². The van der Waals surface area contributed by atoms with Crippen LogP contribution in [0, 0.1) is 0 Å². The van der Waals surface area contributed by atoms with Gasteiger partial charge in [-0.05, 0) is 12.2 Å². The van der Waals surface area contributed by atoms with Gasteiger partial charge in [0, 0.05) is 7.05 Å². The van der Waals surface area contributed by atoms with Gasteiger partial charge in [-0.25, -0.2) is 0 Å². The molecule has 0 saturated heterocycles. The highest BCUT2D eigenvalue weighted by molar-refractivity contribution is 7.80. The second-order valence-electron chi connectivity index (χ2n) is 1.73.